The molecule has 1 aromatic rings. The van der Waals surface area contributed by atoms with E-state index in [1.54, 1.807) is 51.1 Å². The highest BCUT2D eigenvalue weighted by Crippen LogP contribution is 2.27. The van der Waals surface area contributed by atoms with E-state index in [9.17, 15) is 19.2 Å². The number of rotatable bonds is 10. The molecule has 1 saturated carbocycles. The maximum Gasteiger partial charge on any atom is 0.408 e. The molecule has 0 aliphatic heterocycles. The number of alkyl carbamates (subject to hydrolysis) is 1. The fraction of sp³-hybridized carbons (Fsp3) is 0.600. The minimum atomic E-state index is -0.753. The Balaban J connectivity index is 1.93. The van der Waals surface area contributed by atoms with Crippen molar-refractivity contribution in [3.05, 3.63) is 35.9 Å². The van der Waals surface area contributed by atoms with Crippen LogP contribution in [0.25, 0.3) is 0 Å². The first-order chi connectivity index (χ1) is 15.6. The van der Waals surface area contributed by atoms with Crippen molar-refractivity contribution in [3.63, 3.8) is 0 Å². The third-order valence-electron chi connectivity index (χ3n) is 5.44. The molecule has 8 nitrogen and oxygen atoms in total. The molecule has 33 heavy (non-hydrogen) atoms. The van der Waals surface area contributed by atoms with Crippen molar-refractivity contribution < 1.29 is 28.7 Å². The van der Waals surface area contributed by atoms with Crippen molar-refractivity contribution in [1.29, 1.82) is 0 Å². The quantitative estimate of drug-likeness (QED) is 0.406. The van der Waals surface area contributed by atoms with Crippen LogP contribution in [-0.2, 0) is 19.1 Å². The molecule has 0 spiro atoms. The van der Waals surface area contributed by atoms with Crippen LogP contribution in [0.2, 0.25) is 0 Å². The van der Waals surface area contributed by atoms with Gasteiger partial charge in [-0.25, -0.2) is 4.79 Å². The number of hydrogen-bond donors (Lipinski definition) is 2. The Morgan fingerprint density at radius 1 is 1.09 bits per heavy atom. The van der Waals surface area contributed by atoms with E-state index in [-0.39, 0.29) is 18.3 Å². The van der Waals surface area contributed by atoms with Gasteiger partial charge in [0.25, 0.3) is 0 Å². The standard InChI is InChI=1S/C25H36N2O6/c1-5-6-14-20(27-24(31)33-25(2,3)4)22(29)26-19-15-10-13-18(19)23(30)32-16-21(28)17-11-8-7-9-12-17/h7-9,11-12,18-20H,5-6,10,13-16H2,1-4H3,(H,26,29)(H,27,31)/t18-,19+,20+/m1/s1. The van der Waals surface area contributed by atoms with Gasteiger partial charge in [0, 0.05) is 11.6 Å². The van der Waals surface area contributed by atoms with Crippen molar-refractivity contribution in [2.45, 2.75) is 83.9 Å². The molecule has 0 aromatic heterocycles. The predicted molar refractivity (Wildman–Crippen MR) is 124 cm³/mol. The number of ketones is 1. The summed E-state index contributed by atoms with van der Waals surface area (Å²) >= 11 is 0. The van der Waals surface area contributed by atoms with Crippen LogP contribution in [0.3, 0.4) is 0 Å². The van der Waals surface area contributed by atoms with Crippen LogP contribution < -0.4 is 10.6 Å². The topological polar surface area (TPSA) is 111 Å². The van der Waals surface area contributed by atoms with E-state index in [1.165, 1.54) is 0 Å². The van der Waals surface area contributed by atoms with E-state index in [2.05, 4.69) is 10.6 Å². The molecule has 1 aliphatic carbocycles. The number of Topliss-reactive ketones (excluding diaryl/α,β-unsaturated/α-hetero) is 1. The number of esters is 1. The summed E-state index contributed by atoms with van der Waals surface area (Å²) in [5.41, 5.74) is -0.193. The average Bonchev–Trinajstić information content (AvgIpc) is 3.22. The van der Waals surface area contributed by atoms with Crippen LogP contribution in [0.4, 0.5) is 4.79 Å². The summed E-state index contributed by atoms with van der Waals surface area (Å²) in [6, 6.07) is 7.49. The van der Waals surface area contributed by atoms with Gasteiger partial charge in [-0.05, 0) is 40.0 Å². The van der Waals surface area contributed by atoms with Crippen molar-refractivity contribution in [2.24, 2.45) is 5.92 Å². The summed E-state index contributed by atoms with van der Waals surface area (Å²) in [5, 5.41) is 5.56. The van der Waals surface area contributed by atoms with Gasteiger partial charge in [0.15, 0.2) is 12.4 Å². The lowest BCUT2D eigenvalue weighted by atomic mass is 10.0. The molecular weight excluding hydrogens is 424 g/mol. The molecule has 2 N–H and O–H groups in total. The first-order valence-electron chi connectivity index (χ1n) is 11.7. The molecule has 2 amide bonds. The second-order valence-corrected chi connectivity index (χ2v) is 9.39. The minimum absolute atomic E-state index is 0.274. The SMILES string of the molecule is CCCC[C@H](NC(=O)OC(C)(C)C)C(=O)N[C@H]1CCC[C@H]1C(=O)OCC(=O)c1ccccc1. The Morgan fingerprint density at radius 2 is 1.79 bits per heavy atom. The highest BCUT2D eigenvalue weighted by Gasteiger charge is 2.37. The molecule has 182 valence electrons. The van der Waals surface area contributed by atoms with Crippen molar-refractivity contribution in [1.82, 2.24) is 10.6 Å². The third-order valence-corrected chi connectivity index (χ3v) is 5.44. The Hall–Kier alpha value is -2.90. The number of carbonyl (C=O) groups excluding carboxylic acids is 4. The molecule has 0 heterocycles. The van der Waals surface area contributed by atoms with Gasteiger partial charge in [0.2, 0.25) is 5.91 Å². The molecule has 1 aliphatic rings. The van der Waals surface area contributed by atoms with Crippen LogP contribution in [-0.4, -0.2) is 48.0 Å². The molecular formula is C25H36N2O6. The van der Waals surface area contributed by atoms with Crippen LogP contribution in [0.5, 0.6) is 0 Å². The normalized spacial score (nSPS) is 18.8. The molecule has 8 heteroatoms. The Bertz CT molecular complexity index is 818. The van der Waals surface area contributed by atoms with Crippen molar-refractivity contribution in [2.75, 3.05) is 6.61 Å². The second kappa shape index (κ2) is 12.4. The van der Waals surface area contributed by atoms with E-state index in [0.29, 0.717) is 24.8 Å². The van der Waals surface area contributed by atoms with Gasteiger partial charge in [0.05, 0.1) is 5.92 Å². The first kappa shape index (κ1) is 26.4. The summed E-state index contributed by atoms with van der Waals surface area (Å²) in [5.74, 6) is -1.64. The van der Waals surface area contributed by atoms with Crippen LogP contribution in [0.15, 0.2) is 30.3 Å². The largest absolute Gasteiger partial charge is 0.457 e. The second-order valence-electron chi connectivity index (χ2n) is 9.39. The van der Waals surface area contributed by atoms with E-state index >= 15 is 0 Å². The van der Waals surface area contributed by atoms with Crippen molar-refractivity contribution >= 4 is 23.8 Å². The van der Waals surface area contributed by atoms with Gasteiger partial charge in [-0.15, -0.1) is 0 Å². The number of amides is 2. The van der Waals surface area contributed by atoms with Gasteiger partial charge >= 0.3 is 12.1 Å². The van der Waals surface area contributed by atoms with Gasteiger partial charge in [0.1, 0.15) is 11.6 Å². The summed E-state index contributed by atoms with van der Waals surface area (Å²) < 4.78 is 10.6. The lowest BCUT2D eigenvalue weighted by Gasteiger charge is -2.25. The number of unbranched alkanes of at least 4 members (excludes halogenated alkanes) is 1. The van der Waals surface area contributed by atoms with E-state index in [4.69, 9.17) is 9.47 Å². The van der Waals surface area contributed by atoms with Crippen molar-refractivity contribution in [3.8, 4) is 0 Å². The number of benzene rings is 1. The molecule has 2 rings (SSSR count). The Labute approximate surface area is 195 Å². The number of carbonyl (C=O) groups is 4. The third kappa shape index (κ3) is 8.86. The lowest BCUT2D eigenvalue weighted by Crippen LogP contribution is -2.52. The van der Waals surface area contributed by atoms with Gasteiger partial charge in [-0.3, -0.25) is 14.4 Å². The van der Waals surface area contributed by atoms with E-state index in [1.807, 2.05) is 6.92 Å². The van der Waals surface area contributed by atoms with Gasteiger partial charge < -0.3 is 20.1 Å². The number of ether oxygens (including phenoxy) is 2. The minimum Gasteiger partial charge on any atom is -0.457 e. The Morgan fingerprint density at radius 3 is 2.42 bits per heavy atom. The number of hydrogen-bond acceptors (Lipinski definition) is 6. The molecule has 1 aromatic carbocycles. The molecule has 0 bridgehead atoms. The summed E-state index contributed by atoms with van der Waals surface area (Å²) in [4.78, 5) is 50.0. The fourth-order valence-electron chi connectivity index (χ4n) is 3.78. The number of nitrogens with one attached hydrogen (secondary N) is 2. The van der Waals surface area contributed by atoms with E-state index < -0.39 is 35.7 Å². The molecule has 0 saturated heterocycles. The zero-order chi connectivity index (χ0) is 24.4. The molecule has 3 atom stereocenters. The van der Waals surface area contributed by atoms with E-state index in [0.717, 1.165) is 19.3 Å². The maximum absolute atomic E-state index is 12.9. The van der Waals surface area contributed by atoms with Crippen LogP contribution in [0, 0.1) is 5.92 Å². The zero-order valence-corrected chi connectivity index (χ0v) is 20.0. The lowest BCUT2D eigenvalue weighted by molar-refractivity contribution is -0.148. The predicted octanol–water partition coefficient (Wildman–Crippen LogP) is 3.78. The summed E-state index contributed by atoms with van der Waals surface area (Å²) in [6.07, 6.45) is 3.40. The molecule has 0 radical (unpaired) electrons. The monoisotopic (exact) mass is 460 g/mol. The van der Waals surface area contributed by atoms with Gasteiger partial charge in [-0.1, -0.05) is 56.5 Å². The van der Waals surface area contributed by atoms with Crippen LogP contribution >= 0.6 is 0 Å². The fourth-order valence-corrected chi connectivity index (χ4v) is 3.78. The highest BCUT2D eigenvalue weighted by molar-refractivity contribution is 5.98. The maximum atomic E-state index is 12.9. The van der Waals surface area contributed by atoms with Gasteiger partial charge in [-0.2, -0.15) is 0 Å². The first-order valence-corrected chi connectivity index (χ1v) is 11.7. The average molecular weight is 461 g/mol. The Kier molecular flexibility index (Phi) is 9.88. The smallest absolute Gasteiger partial charge is 0.408 e. The highest BCUT2D eigenvalue weighted by atomic mass is 16.6. The van der Waals surface area contributed by atoms with Crippen LogP contribution in [0.1, 0.15) is 76.6 Å². The summed E-state index contributed by atoms with van der Waals surface area (Å²) in [6.45, 7) is 6.93. The molecule has 1 fully saturated rings. The zero-order valence-electron chi connectivity index (χ0n) is 20.0. The molecule has 0 unspecified atom stereocenters. The summed E-state index contributed by atoms with van der Waals surface area (Å²) in [7, 11) is 0.